The Bertz CT molecular complexity index is 1380. The van der Waals surface area contributed by atoms with Crippen LogP contribution >= 0.6 is 0 Å². The van der Waals surface area contributed by atoms with E-state index in [-0.39, 0.29) is 22.6 Å². The van der Waals surface area contributed by atoms with Gasteiger partial charge in [0.15, 0.2) is 0 Å². The van der Waals surface area contributed by atoms with Crippen molar-refractivity contribution in [3.05, 3.63) is 94.8 Å². The number of alkyl halides is 3. The molecule has 0 bridgehead atoms. The third kappa shape index (κ3) is 4.26. The summed E-state index contributed by atoms with van der Waals surface area (Å²) in [6.45, 7) is 0. The van der Waals surface area contributed by atoms with Crippen molar-refractivity contribution in [1.82, 2.24) is 0 Å². The van der Waals surface area contributed by atoms with Crippen LogP contribution in [-0.2, 0) is 15.8 Å². The van der Waals surface area contributed by atoms with Crippen LogP contribution in [-0.4, -0.2) is 31.0 Å². The summed E-state index contributed by atoms with van der Waals surface area (Å²) in [6.07, 6.45) is -4.73. The number of anilines is 1. The molecule has 1 unspecified atom stereocenters. The van der Waals surface area contributed by atoms with Crippen molar-refractivity contribution in [3.63, 3.8) is 0 Å². The summed E-state index contributed by atoms with van der Waals surface area (Å²) in [5.41, 5.74) is -2.05. The predicted octanol–water partition coefficient (Wildman–Crippen LogP) is 5.49. The Hall–Kier alpha value is -4.34. The van der Waals surface area contributed by atoms with Crippen LogP contribution in [0.1, 0.15) is 22.7 Å². The van der Waals surface area contributed by atoms with Gasteiger partial charge in [-0.05, 0) is 36.4 Å². The van der Waals surface area contributed by atoms with Gasteiger partial charge in [0.1, 0.15) is 23.1 Å². The normalized spacial score (nSPS) is 17.4. The van der Waals surface area contributed by atoms with Crippen molar-refractivity contribution in [2.24, 2.45) is 0 Å². The Morgan fingerprint density at radius 3 is 2.31 bits per heavy atom. The number of carbonyl (C=O) groups excluding carboxylic acids is 2. The number of hydrogen-bond acceptors (Lipinski definition) is 5. The summed E-state index contributed by atoms with van der Waals surface area (Å²) >= 11 is 0. The van der Waals surface area contributed by atoms with Gasteiger partial charge in [-0.2, -0.15) is 13.2 Å². The maximum absolute atomic E-state index is 15.0. The zero-order valence-electron chi connectivity index (χ0n) is 19.0. The van der Waals surface area contributed by atoms with Crippen molar-refractivity contribution in [2.75, 3.05) is 19.1 Å². The molecule has 0 radical (unpaired) electrons. The Morgan fingerprint density at radius 1 is 0.944 bits per heavy atom. The van der Waals surface area contributed by atoms with E-state index < -0.39 is 46.6 Å². The summed E-state index contributed by atoms with van der Waals surface area (Å²) in [5, 5.41) is 11.2. The van der Waals surface area contributed by atoms with Gasteiger partial charge in [-0.25, -0.2) is 4.39 Å². The lowest BCUT2D eigenvalue weighted by molar-refractivity contribution is -0.137. The van der Waals surface area contributed by atoms with E-state index in [4.69, 9.17) is 9.47 Å². The summed E-state index contributed by atoms with van der Waals surface area (Å²) in [6, 6.07) is 11.7. The first-order chi connectivity index (χ1) is 17.1. The number of rotatable bonds is 5. The summed E-state index contributed by atoms with van der Waals surface area (Å²) in [5.74, 6) is -3.47. The molecule has 1 fully saturated rings. The number of halogens is 4. The van der Waals surface area contributed by atoms with E-state index in [0.29, 0.717) is 11.8 Å². The molecule has 0 aromatic heterocycles. The number of ether oxygens (including phenoxy) is 2. The van der Waals surface area contributed by atoms with Gasteiger partial charge < -0.3 is 14.6 Å². The quantitative estimate of drug-likeness (QED) is 0.217. The number of aliphatic hydroxyl groups is 1. The zero-order chi connectivity index (χ0) is 26.2. The Kier molecular flexibility index (Phi) is 6.45. The van der Waals surface area contributed by atoms with Crippen molar-refractivity contribution >= 4 is 23.1 Å². The molecule has 0 aliphatic carbocycles. The number of carbonyl (C=O) groups is 2. The Morgan fingerprint density at radius 2 is 1.67 bits per heavy atom. The molecular weight excluding hydrogens is 482 g/mol. The first-order valence-electron chi connectivity index (χ1n) is 10.5. The predicted molar refractivity (Wildman–Crippen MR) is 122 cm³/mol. The van der Waals surface area contributed by atoms with Gasteiger partial charge in [-0.1, -0.05) is 24.3 Å². The summed E-state index contributed by atoms with van der Waals surface area (Å²) < 4.78 is 65.5. The maximum Gasteiger partial charge on any atom is 0.416 e. The first-order valence-corrected chi connectivity index (χ1v) is 10.5. The molecule has 10 heteroatoms. The minimum atomic E-state index is -4.73. The molecule has 4 rings (SSSR count). The number of hydrogen-bond donors (Lipinski definition) is 1. The van der Waals surface area contributed by atoms with Crippen LogP contribution in [0.15, 0.2) is 72.3 Å². The number of amides is 1. The molecule has 36 heavy (non-hydrogen) atoms. The average molecular weight is 501 g/mol. The molecule has 6 nitrogen and oxygen atoms in total. The van der Waals surface area contributed by atoms with Crippen LogP contribution in [0, 0.1) is 5.82 Å². The molecule has 1 aliphatic heterocycles. The van der Waals surface area contributed by atoms with Crippen molar-refractivity contribution in [1.29, 1.82) is 0 Å². The third-order valence-corrected chi connectivity index (χ3v) is 5.76. The monoisotopic (exact) mass is 501 g/mol. The molecule has 0 spiro atoms. The Balaban J connectivity index is 1.99. The maximum atomic E-state index is 15.0. The van der Waals surface area contributed by atoms with Crippen LogP contribution in [0.25, 0.3) is 5.76 Å². The van der Waals surface area contributed by atoms with Gasteiger partial charge >= 0.3 is 6.18 Å². The highest BCUT2D eigenvalue weighted by molar-refractivity contribution is 6.51. The van der Waals surface area contributed by atoms with E-state index >= 15 is 0 Å². The molecule has 1 heterocycles. The van der Waals surface area contributed by atoms with E-state index in [1.54, 1.807) is 0 Å². The molecule has 3 aromatic rings. The summed E-state index contributed by atoms with van der Waals surface area (Å²) in [7, 11) is 2.72. The number of nitrogens with zero attached hydrogens (tertiary/aromatic N) is 1. The Labute approximate surface area is 203 Å². The number of methoxy groups -OCH3 is 2. The van der Waals surface area contributed by atoms with Crippen LogP contribution in [0.4, 0.5) is 23.2 Å². The fraction of sp³-hybridized carbons (Fsp3) is 0.154. The van der Waals surface area contributed by atoms with E-state index in [2.05, 4.69) is 0 Å². The van der Waals surface area contributed by atoms with Crippen LogP contribution < -0.4 is 14.4 Å². The number of ketones is 1. The highest BCUT2D eigenvalue weighted by atomic mass is 19.4. The second kappa shape index (κ2) is 9.37. The van der Waals surface area contributed by atoms with Gasteiger partial charge in [0.25, 0.3) is 11.7 Å². The van der Waals surface area contributed by atoms with Crippen LogP contribution in [0.3, 0.4) is 0 Å². The lowest BCUT2D eigenvalue weighted by Crippen LogP contribution is -2.30. The van der Waals surface area contributed by atoms with Gasteiger partial charge in [0, 0.05) is 17.3 Å². The van der Waals surface area contributed by atoms with Crippen molar-refractivity contribution in [2.45, 2.75) is 12.2 Å². The highest BCUT2D eigenvalue weighted by Crippen LogP contribution is 2.45. The average Bonchev–Trinajstić information content (AvgIpc) is 3.13. The highest BCUT2D eigenvalue weighted by Gasteiger charge is 2.48. The van der Waals surface area contributed by atoms with E-state index in [1.165, 1.54) is 56.7 Å². The third-order valence-electron chi connectivity index (χ3n) is 5.76. The van der Waals surface area contributed by atoms with E-state index in [1.807, 2.05) is 0 Å². The van der Waals surface area contributed by atoms with Crippen LogP contribution in [0.5, 0.6) is 11.5 Å². The fourth-order valence-electron chi connectivity index (χ4n) is 4.06. The topological polar surface area (TPSA) is 76.1 Å². The van der Waals surface area contributed by atoms with Crippen molar-refractivity contribution < 1.29 is 41.7 Å². The molecule has 3 aromatic carbocycles. The number of benzene rings is 3. The van der Waals surface area contributed by atoms with Gasteiger partial charge in [-0.15, -0.1) is 0 Å². The van der Waals surface area contributed by atoms with Gasteiger partial charge in [0.05, 0.1) is 37.0 Å². The van der Waals surface area contributed by atoms with Crippen LogP contribution in [0.2, 0.25) is 0 Å². The largest absolute Gasteiger partial charge is 0.507 e. The standard InChI is InChI=1S/C26H19F4NO5/c1-35-16-10-11-18(20(13-16)36-2)23(32)21-22(17-8-3-4-9-19(17)27)31(25(34)24(21)33)15-7-5-6-14(12-15)26(28,29)30/h3-13,22,32H,1-2H3/b23-21+. The molecule has 1 amide bonds. The van der Waals surface area contributed by atoms with E-state index in [9.17, 15) is 32.3 Å². The lowest BCUT2D eigenvalue weighted by atomic mass is 9.94. The second-order valence-corrected chi connectivity index (χ2v) is 7.80. The van der Waals surface area contributed by atoms with Gasteiger partial charge in [-0.3, -0.25) is 14.5 Å². The zero-order valence-corrected chi connectivity index (χ0v) is 19.0. The van der Waals surface area contributed by atoms with E-state index in [0.717, 1.165) is 23.1 Å². The lowest BCUT2D eigenvalue weighted by Gasteiger charge is -2.26. The molecule has 1 N–H and O–H groups in total. The van der Waals surface area contributed by atoms with Crippen molar-refractivity contribution in [3.8, 4) is 11.5 Å². The molecule has 1 atom stereocenters. The molecule has 1 aliphatic rings. The molecule has 1 saturated heterocycles. The molecule has 186 valence electrons. The fourth-order valence-corrected chi connectivity index (χ4v) is 4.06. The summed E-state index contributed by atoms with van der Waals surface area (Å²) in [4.78, 5) is 27.1. The first kappa shape index (κ1) is 24.8. The minimum absolute atomic E-state index is 0.00156. The number of Topliss-reactive ketones (excluding diaryl/α,β-unsaturated/α-hetero) is 1. The SMILES string of the molecule is COc1ccc(/C(O)=C2\C(=O)C(=O)N(c3cccc(C(F)(F)F)c3)C2c2ccccc2F)c(OC)c1. The number of aliphatic hydroxyl groups excluding tert-OH is 1. The molecular formula is C26H19F4NO5. The smallest absolute Gasteiger partial charge is 0.416 e. The van der Waals surface area contributed by atoms with Gasteiger partial charge in [0.2, 0.25) is 0 Å². The minimum Gasteiger partial charge on any atom is -0.507 e. The second-order valence-electron chi connectivity index (χ2n) is 7.80. The molecule has 0 saturated carbocycles.